The Labute approximate surface area is 93.3 Å². The Balaban J connectivity index is 4.07. The molecule has 0 radical (unpaired) electrons. The van der Waals surface area contributed by atoms with Crippen LogP contribution in [0.5, 0.6) is 0 Å². The van der Waals surface area contributed by atoms with Gasteiger partial charge in [-0.15, -0.1) is 0 Å². The van der Waals surface area contributed by atoms with E-state index in [9.17, 15) is 13.6 Å². The van der Waals surface area contributed by atoms with Gasteiger partial charge < -0.3 is 13.6 Å². The number of carbonyl (C=O) groups excluding carboxylic acids is 1. The monoisotopic (exact) mass is 236 g/mol. The Morgan fingerprint density at radius 2 is 1.73 bits per heavy atom. The number of unbranched alkanes of at least 4 members (excludes halogenated alkanes) is 2. The molecule has 0 aliphatic heterocycles. The molecule has 0 aromatic rings. The third-order valence-corrected chi connectivity index (χ3v) is 2.24. The Morgan fingerprint density at radius 3 is 2.07 bits per heavy atom. The van der Waals surface area contributed by atoms with Gasteiger partial charge in [-0.25, -0.2) is 9.00 Å². The van der Waals surface area contributed by atoms with E-state index in [0.29, 0.717) is 13.1 Å². The summed E-state index contributed by atoms with van der Waals surface area (Å²) >= 11 is -2.77. The molecule has 0 aliphatic carbocycles. The van der Waals surface area contributed by atoms with Crippen LogP contribution in [0.2, 0.25) is 0 Å². The third kappa shape index (κ3) is 7.33. The second-order valence-electron chi connectivity index (χ2n) is 3.25. The van der Waals surface area contributed by atoms with E-state index >= 15 is 0 Å². The second kappa shape index (κ2) is 8.67. The van der Waals surface area contributed by atoms with Gasteiger partial charge in [-0.2, -0.15) is 0 Å². The van der Waals surface area contributed by atoms with Crippen molar-refractivity contribution < 1.29 is 17.7 Å². The highest BCUT2D eigenvalue weighted by atomic mass is 32.2. The molecule has 6 heteroatoms. The van der Waals surface area contributed by atoms with Gasteiger partial charge >= 0.3 is 6.09 Å². The molecule has 0 saturated carbocycles. The summed E-state index contributed by atoms with van der Waals surface area (Å²) in [7, 11) is 0. The molecule has 0 aliphatic rings. The average Bonchev–Trinajstić information content (AvgIpc) is 2.17. The van der Waals surface area contributed by atoms with E-state index in [1.807, 2.05) is 13.8 Å². The lowest BCUT2D eigenvalue weighted by molar-refractivity contribution is 0.151. The third-order valence-electron chi connectivity index (χ3n) is 1.96. The highest BCUT2D eigenvalue weighted by Gasteiger charge is 2.13. The lowest BCUT2D eigenvalue weighted by Crippen LogP contribution is -2.33. The summed E-state index contributed by atoms with van der Waals surface area (Å²) in [4.78, 5) is 12.7. The molecule has 0 rings (SSSR count). The van der Waals surface area contributed by atoms with Gasteiger partial charge in [0.05, 0.1) is 0 Å². The van der Waals surface area contributed by atoms with Crippen LogP contribution in [-0.4, -0.2) is 32.8 Å². The fraction of sp³-hybridized carbons (Fsp3) is 0.889. The molecule has 0 bridgehead atoms. The smallest absolute Gasteiger partial charge is 0.423 e. The summed E-state index contributed by atoms with van der Waals surface area (Å²) in [6.07, 6.45) is 2.84. The first kappa shape index (κ1) is 14.4. The number of carbonyl (C=O) groups is 1. The van der Waals surface area contributed by atoms with E-state index in [2.05, 4.69) is 4.18 Å². The summed E-state index contributed by atoms with van der Waals surface area (Å²) in [6, 6.07) is 0. The molecule has 1 amide bonds. The largest absolute Gasteiger partial charge is 0.740 e. The van der Waals surface area contributed by atoms with Crippen LogP contribution in [-0.2, 0) is 15.5 Å². The Hall–Kier alpha value is -0.620. The molecule has 0 spiro atoms. The molecule has 0 aromatic carbocycles. The molecular formula is C9H18NO4S-. The first-order valence-corrected chi connectivity index (χ1v) is 6.18. The first-order chi connectivity index (χ1) is 7.11. The summed E-state index contributed by atoms with van der Waals surface area (Å²) < 4.78 is 24.5. The van der Waals surface area contributed by atoms with E-state index < -0.39 is 17.5 Å². The molecule has 1 atom stereocenters. The van der Waals surface area contributed by atoms with E-state index in [1.165, 1.54) is 4.90 Å². The molecule has 5 nitrogen and oxygen atoms in total. The van der Waals surface area contributed by atoms with Crippen molar-refractivity contribution >= 4 is 17.5 Å². The quantitative estimate of drug-likeness (QED) is 0.632. The van der Waals surface area contributed by atoms with Gasteiger partial charge in [-0.1, -0.05) is 26.7 Å². The molecule has 0 fully saturated rings. The lowest BCUT2D eigenvalue weighted by atomic mass is 10.3. The van der Waals surface area contributed by atoms with Crippen molar-refractivity contribution in [2.24, 2.45) is 0 Å². The highest BCUT2D eigenvalue weighted by molar-refractivity contribution is 7.74. The fourth-order valence-electron chi connectivity index (χ4n) is 1.10. The molecule has 90 valence electrons. The van der Waals surface area contributed by atoms with Crippen molar-refractivity contribution in [3.8, 4) is 0 Å². The average molecular weight is 236 g/mol. The molecule has 15 heavy (non-hydrogen) atoms. The van der Waals surface area contributed by atoms with Gasteiger partial charge in [0, 0.05) is 13.1 Å². The number of amides is 1. The minimum atomic E-state index is -2.77. The van der Waals surface area contributed by atoms with E-state index in [1.54, 1.807) is 0 Å². The zero-order valence-electron chi connectivity index (χ0n) is 9.23. The molecule has 1 unspecified atom stereocenters. The lowest BCUT2D eigenvalue weighted by Gasteiger charge is -2.21. The zero-order valence-corrected chi connectivity index (χ0v) is 10.0. The van der Waals surface area contributed by atoms with Crippen LogP contribution in [0.15, 0.2) is 0 Å². The van der Waals surface area contributed by atoms with Crippen LogP contribution >= 0.6 is 0 Å². The van der Waals surface area contributed by atoms with Crippen molar-refractivity contribution in [2.45, 2.75) is 39.5 Å². The maximum atomic E-state index is 11.3. The molecule has 0 aromatic heterocycles. The van der Waals surface area contributed by atoms with Crippen LogP contribution in [0.1, 0.15) is 39.5 Å². The Bertz CT molecular complexity index is 202. The predicted octanol–water partition coefficient (Wildman–Crippen LogP) is 1.82. The normalized spacial score (nSPS) is 12.2. The second-order valence-corrected chi connectivity index (χ2v) is 3.82. The van der Waals surface area contributed by atoms with Crippen LogP contribution in [0.3, 0.4) is 0 Å². The van der Waals surface area contributed by atoms with Crippen molar-refractivity contribution in [1.29, 1.82) is 0 Å². The first-order valence-electron chi connectivity index (χ1n) is 5.18. The van der Waals surface area contributed by atoms with Crippen molar-refractivity contribution in [1.82, 2.24) is 4.90 Å². The van der Waals surface area contributed by atoms with Crippen molar-refractivity contribution in [2.75, 3.05) is 13.1 Å². The summed E-state index contributed by atoms with van der Waals surface area (Å²) in [6.45, 7) is 5.11. The van der Waals surface area contributed by atoms with Crippen LogP contribution < -0.4 is 0 Å². The minimum absolute atomic E-state index is 0.548. The van der Waals surface area contributed by atoms with E-state index in [4.69, 9.17) is 0 Å². The maximum absolute atomic E-state index is 11.3. The molecular weight excluding hydrogens is 218 g/mol. The molecule has 0 N–H and O–H groups in total. The van der Waals surface area contributed by atoms with Gasteiger partial charge in [-0.3, -0.25) is 0 Å². The highest BCUT2D eigenvalue weighted by Crippen LogP contribution is 2.02. The summed E-state index contributed by atoms with van der Waals surface area (Å²) in [5.74, 6) is 0. The van der Waals surface area contributed by atoms with Crippen LogP contribution in [0.25, 0.3) is 0 Å². The van der Waals surface area contributed by atoms with Gasteiger partial charge in [0.25, 0.3) is 0 Å². The minimum Gasteiger partial charge on any atom is -0.740 e. The van der Waals surface area contributed by atoms with Crippen molar-refractivity contribution in [3.05, 3.63) is 0 Å². The number of hydrogen-bond donors (Lipinski definition) is 0. The van der Waals surface area contributed by atoms with E-state index in [0.717, 1.165) is 25.7 Å². The zero-order chi connectivity index (χ0) is 11.7. The van der Waals surface area contributed by atoms with Gasteiger partial charge in [0.15, 0.2) is 0 Å². The predicted molar refractivity (Wildman–Crippen MR) is 56.8 cm³/mol. The Morgan fingerprint density at radius 1 is 1.27 bits per heavy atom. The van der Waals surface area contributed by atoms with Crippen molar-refractivity contribution in [3.63, 3.8) is 0 Å². The van der Waals surface area contributed by atoms with Crippen LogP contribution in [0, 0.1) is 0 Å². The molecule has 0 saturated heterocycles. The topological polar surface area (TPSA) is 69.7 Å². The number of nitrogens with zero attached hydrogens (tertiary/aromatic N) is 1. The summed E-state index contributed by atoms with van der Waals surface area (Å²) in [5, 5.41) is 0. The fourth-order valence-corrected chi connectivity index (χ4v) is 1.33. The standard InChI is InChI=1S/C9H19NO4S/c1-3-5-7-10(8-6-4-2)9(11)14-15(12)13/h3-8H2,1-2H3,(H,12,13)/p-1. The number of rotatable bonds is 7. The van der Waals surface area contributed by atoms with E-state index in [-0.39, 0.29) is 0 Å². The summed E-state index contributed by atoms with van der Waals surface area (Å²) in [5.41, 5.74) is 0. The molecule has 0 heterocycles. The van der Waals surface area contributed by atoms with Gasteiger partial charge in [0.2, 0.25) is 0 Å². The van der Waals surface area contributed by atoms with Gasteiger partial charge in [-0.05, 0) is 12.8 Å². The maximum Gasteiger partial charge on any atom is 0.423 e. The van der Waals surface area contributed by atoms with Crippen LogP contribution in [0.4, 0.5) is 4.79 Å². The number of hydrogen-bond acceptors (Lipinski definition) is 4. The Kier molecular flexibility index (Phi) is 8.31. The van der Waals surface area contributed by atoms with Gasteiger partial charge in [0.1, 0.15) is 11.4 Å². The SMILES string of the molecule is CCCCN(CCCC)C(=O)OS(=O)[O-].